The molecule has 0 unspecified atom stereocenters. The summed E-state index contributed by atoms with van der Waals surface area (Å²) in [6.07, 6.45) is 0. The van der Waals surface area contributed by atoms with Gasteiger partial charge in [0.15, 0.2) is 0 Å². The van der Waals surface area contributed by atoms with E-state index in [0.717, 1.165) is 26.8 Å². The summed E-state index contributed by atoms with van der Waals surface area (Å²) in [4.78, 5) is 0. The summed E-state index contributed by atoms with van der Waals surface area (Å²) < 4.78 is 7.69. The van der Waals surface area contributed by atoms with Gasteiger partial charge in [0.25, 0.3) is 0 Å². The van der Waals surface area contributed by atoms with Crippen LogP contribution in [0.4, 0.5) is 0 Å². The average molecular weight is 406 g/mol. The molecule has 0 saturated heterocycles. The van der Waals surface area contributed by atoms with Crippen molar-refractivity contribution in [3.05, 3.63) is 55.9 Å². The molecule has 2 aromatic rings. The Morgan fingerprint density at radius 1 is 1.16 bits per heavy atom. The molecule has 0 saturated carbocycles. The maximum absolute atomic E-state index is 6.20. The lowest BCUT2D eigenvalue weighted by Crippen LogP contribution is -2.05. The van der Waals surface area contributed by atoms with Crippen LogP contribution in [0.15, 0.2) is 45.3 Å². The van der Waals surface area contributed by atoms with Crippen LogP contribution in [0.1, 0.15) is 5.56 Å². The molecule has 19 heavy (non-hydrogen) atoms. The standard InChI is InChI=1S/C14H12Br2ClNO/c1-18-8-9-2-4-11(7-13(9)17)19-14-5-3-10(15)6-12(14)16/h2-7,18H,8H2,1H3. The van der Waals surface area contributed by atoms with Crippen LogP contribution in [0.2, 0.25) is 5.02 Å². The molecule has 0 amide bonds. The van der Waals surface area contributed by atoms with Crippen LogP contribution in [0.25, 0.3) is 0 Å². The second kappa shape index (κ2) is 6.75. The maximum atomic E-state index is 6.20. The van der Waals surface area contributed by atoms with Crippen molar-refractivity contribution >= 4 is 43.5 Å². The van der Waals surface area contributed by atoms with Crippen LogP contribution in [-0.4, -0.2) is 7.05 Å². The SMILES string of the molecule is CNCc1ccc(Oc2ccc(Br)cc2Br)cc1Cl. The topological polar surface area (TPSA) is 21.3 Å². The number of halogens is 3. The van der Waals surface area contributed by atoms with Gasteiger partial charge in [-0.1, -0.05) is 33.6 Å². The first kappa shape index (κ1) is 14.9. The Bertz CT molecular complexity index is 590. The molecule has 0 radical (unpaired) electrons. The molecule has 0 bridgehead atoms. The molecular weight excluding hydrogens is 393 g/mol. The van der Waals surface area contributed by atoms with Gasteiger partial charge in [-0.15, -0.1) is 0 Å². The van der Waals surface area contributed by atoms with E-state index in [1.54, 1.807) is 0 Å². The van der Waals surface area contributed by atoms with Crippen molar-refractivity contribution in [2.24, 2.45) is 0 Å². The van der Waals surface area contributed by atoms with Gasteiger partial charge in [0.05, 0.1) is 4.47 Å². The largest absolute Gasteiger partial charge is 0.456 e. The Morgan fingerprint density at radius 2 is 1.95 bits per heavy atom. The van der Waals surface area contributed by atoms with Crippen LogP contribution in [0.3, 0.4) is 0 Å². The fourth-order valence-corrected chi connectivity index (χ4v) is 2.98. The van der Waals surface area contributed by atoms with Crippen molar-refractivity contribution in [1.29, 1.82) is 0 Å². The zero-order valence-corrected chi connectivity index (χ0v) is 14.1. The van der Waals surface area contributed by atoms with E-state index in [2.05, 4.69) is 37.2 Å². The monoisotopic (exact) mass is 403 g/mol. The van der Waals surface area contributed by atoms with E-state index in [1.807, 2.05) is 43.4 Å². The van der Waals surface area contributed by atoms with Gasteiger partial charge in [-0.05, 0) is 58.9 Å². The van der Waals surface area contributed by atoms with Crippen molar-refractivity contribution in [3.63, 3.8) is 0 Å². The fourth-order valence-electron chi connectivity index (χ4n) is 1.61. The van der Waals surface area contributed by atoms with Gasteiger partial charge in [0.2, 0.25) is 0 Å². The molecule has 5 heteroatoms. The highest BCUT2D eigenvalue weighted by Crippen LogP contribution is 2.33. The number of benzene rings is 2. The molecule has 0 atom stereocenters. The molecule has 2 rings (SSSR count). The molecule has 100 valence electrons. The Kier molecular flexibility index (Phi) is 5.28. The molecular formula is C14H12Br2ClNO. The van der Waals surface area contributed by atoms with E-state index in [0.29, 0.717) is 10.8 Å². The summed E-state index contributed by atoms with van der Waals surface area (Å²) in [5.74, 6) is 1.47. The molecule has 2 nitrogen and oxygen atoms in total. The molecule has 0 aliphatic heterocycles. The van der Waals surface area contributed by atoms with Gasteiger partial charge in [0, 0.05) is 16.0 Å². The predicted molar refractivity (Wildman–Crippen MR) is 86.1 cm³/mol. The summed E-state index contributed by atoms with van der Waals surface area (Å²) in [5.41, 5.74) is 1.05. The fraction of sp³-hybridized carbons (Fsp3) is 0.143. The zero-order valence-electron chi connectivity index (χ0n) is 10.2. The van der Waals surface area contributed by atoms with Gasteiger partial charge in [-0.3, -0.25) is 0 Å². The minimum absolute atomic E-state index is 0.695. The number of hydrogen-bond donors (Lipinski definition) is 1. The molecule has 1 N–H and O–H groups in total. The van der Waals surface area contributed by atoms with Crippen molar-refractivity contribution in [3.8, 4) is 11.5 Å². The van der Waals surface area contributed by atoms with Crippen molar-refractivity contribution in [1.82, 2.24) is 5.32 Å². The first-order chi connectivity index (χ1) is 9.10. The summed E-state index contributed by atoms with van der Waals surface area (Å²) in [6, 6.07) is 11.4. The summed E-state index contributed by atoms with van der Waals surface area (Å²) >= 11 is 13.1. The van der Waals surface area contributed by atoms with E-state index in [1.165, 1.54) is 0 Å². The quantitative estimate of drug-likeness (QED) is 0.738. The predicted octanol–water partition coefficient (Wildman–Crippen LogP) is 5.38. The van der Waals surface area contributed by atoms with Crippen LogP contribution in [0.5, 0.6) is 11.5 Å². The van der Waals surface area contributed by atoms with Crippen molar-refractivity contribution in [2.45, 2.75) is 6.54 Å². The van der Waals surface area contributed by atoms with E-state index in [-0.39, 0.29) is 0 Å². The summed E-state index contributed by atoms with van der Waals surface area (Å²) in [6.45, 7) is 0.737. The van der Waals surface area contributed by atoms with E-state index < -0.39 is 0 Å². The molecule has 0 aliphatic rings. The summed E-state index contributed by atoms with van der Waals surface area (Å²) in [5, 5.41) is 3.77. The molecule has 0 heterocycles. The van der Waals surface area contributed by atoms with Crippen LogP contribution >= 0.6 is 43.5 Å². The lowest BCUT2D eigenvalue weighted by molar-refractivity contribution is 0.479. The Hall–Kier alpha value is -0.550. The maximum Gasteiger partial charge on any atom is 0.141 e. The van der Waals surface area contributed by atoms with Crippen molar-refractivity contribution < 1.29 is 4.74 Å². The normalized spacial score (nSPS) is 10.5. The molecule has 0 spiro atoms. The highest BCUT2D eigenvalue weighted by Gasteiger charge is 2.06. The van der Waals surface area contributed by atoms with E-state index in [4.69, 9.17) is 16.3 Å². The minimum atomic E-state index is 0.695. The van der Waals surface area contributed by atoms with Gasteiger partial charge in [0.1, 0.15) is 11.5 Å². The van der Waals surface area contributed by atoms with E-state index >= 15 is 0 Å². The number of nitrogens with one attached hydrogen (secondary N) is 1. The third kappa shape index (κ3) is 3.96. The first-order valence-corrected chi connectivity index (χ1v) is 7.62. The van der Waals surface area contributed by atoms with Gasteiger partial charge >= 0.3 is 0 Å². The second-order valence-corrected chi connectivity index (χ2v) is 6.14. The lowest BCUT2D eigenvalue weighted by atomic mass is 10.2. The second-order valence-electron chi connectivity index (χ2n) is 3.96. The Morgan fingerprint density at radius 3 is 2.58 bits per heavy atom. The molecule has 0 aromatic heterocycles. The van der Waals surface area contributed by atoms with Crippen LogP contribution in [0, 0.1) is 0 Å². The molecule has 0 fully saturated rings. The zero-order chi connectivity index (χ0) is 13.8. The Balaban J connectivity index is 2.21. The lowest BCUT2D eigenvalue weighted by Gasteiger charge is -2.10. The third-order valence-electron chi connectivity index (χ3n) is 2.51. The van der Waals surface area contributed by atoms with Crippen LogP contribution < -0.4 is 10.1 Å². The highest BCUT2D eigenvalue weighted by molar-refractivity contribution is 9.11. The van der Waals surface area contributed by atoms with E-state index in [9.17, 15) is 0 Å². The van der Waals surface area contributed by atoms with Gasteiger partial charge in [-0.2, -0.15) is 0 Å². The number of hydrogen-bond acceptors (Lipinski definition) is 2. The minimum Gasteiger partial charge on any atom is -0.456 e. The van der Waals surface area contributed by atoms with Crippen LogP contribution in [-0.2, 0) is 6.54 Å². The third-order valence-corrected chi connectivity index (χ3v) is 3.98. The smallest absolute Gasteiger partial charge is 0.141 e. The highest BCUT2D eigenvalue weighted by atomic mass is 79.9. The molecule has 2 aromatic carbocycles. The van der Waals surface area contributed by atoms with Gasteiger partial charge in [-0.25, -0.2) is 0 Å². The molecule has 0 aliphatic carbocycles. The summed E-state index contributed by atoms with van der Waals surface area (Å²) in [7, 11) is 1.89. The van der Waals surface area contributed by atoms with Gasteiger partial charge < -0.3 is 10.1 Å². The first-order valence-electron chi connectivity index (χ1n) is 5.66. The average Bonchev–Trinajstić information content (AvgIpc) is 2.36. The number of ether oxygens (including phenoxy) is 1. The van der Waals surface area contributed by atoms with Crippen molar-refractivity contribution in [2.75, 3.05) is 7.05 Å². The number of rotatable bonds is 4. The Labute approximate surface area is 134 Å².